The van der Waals surface area contributed by atoms with Gasteiger partial charge in [0.25, 0.3) is 0 Å². The summed E-state index contributed by atoms with van der Waals surface area (Å²) in [7, 11) is -2.98. The van der Waals surface area contributed by atoms with Gasteiger partial charge in [0.1, 0.15) is 12.0 Å². The molecule has 1 aromatic rings. The average Bonchev–Trinajstić information content (AvgIpc) is 2.42. The molecule has 1 heterocycles. The highest BCUT2D eigenvalue weighted by molar-refractivity contribution is 7.91. The number of ether oxygens (including phenoxy) is 1. The molecule has 7 heteroatoms. The highest BCUT2D eigenvalue weighted by Crippen LogP contribution is 2.23. The molecule has 1 aromatic carbocycles. The lowest BCUT2D eigenvalue weighted by Gasteiger charge is -2.25. The molecule has 0 saturated carbocycles. The molecule has 1 aliphatic rings. The number of aliphatic carboxylic acids is 1. The van der Waals surface area contributed by atoms with Gasteiger partial charge < -0.3 is 9.84 Å². The smallest absolute Gasteiger partial charge is 0.319 e. The Hall–Kier alpha value is -1.47. The second-order valence-corrected chi connectivity index (χ2v) is 7.68. The predicted octanol–water partition coefficient (Wildman–Crippen LogP) is 1.78. The summed E-state index contributed by atoms with van der Waals surface area (Å²) in [4.78, 5) is 11.4. The Balaban J connectivity index is 2.05. The molecule has 0 spiro atoms. The van der Waals surface area contributed by atoms with Crippen molar-refractivity contribution in [3.05, 3.63) is 35.9 Å². The van der Waals surface area contributed by atoms with Crippen molar-refractivity contribution in [2.45, 2.75) is 24.9 Å². The summed E-state index contributed by atoms with van der Waals surface area (Å²) in [6, 6.07) is 8.63. The molecule has 114 valence electrons. The van der Waals surface area contributed by atoms with E-state index in [1.54, 1.807) is 30.3 Å². The minimum atomic E-state index is -2.98. The Morgan fingerprint density at radius 2 is 1.81 bits per heavy atom. The number of rotatable bonds is 4. The lowest BCUT2D eigenvalue weighted by Crippen LogP contribution is -2.33. The van der Waals surface area contributed by atoms with E-state index in [4.69, 9.17) is 17.0 Å². The first-order chi connectivity index (χ1) is 9.89. The number of hydrogen-bond acceptors (Lipinski definition) is 5. The van der Waals surface area contributed by atoms with Gasteiger partial charge in [0.15, 0.2) is 14.9 Å². The van der Waals surface area contributed by atoms with E-state index < -0.39 is 21.7 Å². The lowest BCUT2D eigenvalue weighted by molar-refractivity contribution is -0.137. The summed E-state index contributed by atoms with van der Waals surface area (Å²) in [5.74, 6) is -1.97. The van der Waals surface area contributed by atoms with E-state index in [1.165, 1.54) is 0 Å². The van der Waals surface area contributed by atoms with Gasteiger partial charge in [-0.1, -0.05) is 30.3 Å². The van der Waals surface area contributed by atoms with Crippen molar-refractivity contribution in [1.29, 1.82) is 0 Å². The minimum Gasteiger partial charge on any atom is -0.483 e. The number of thiocarbonyl (C=S) groups is 1. The van der Waals surface area contributed by atoms with E-state index >= 15 is 0 Å². The molecule has 0 radical (unpaired) electrons. The molecule has 1 atom stereocenters. The van der Waals surface area contributed by atoms with Gasteiger partial charge in [-0.3, -0.25) is 4.79 Å². The van der Waals surface area contributed by atoms with E-state index in [0.717, 1.165) is 0 Å². The number of hydrogen-bond donors (Lipinski definition) is 1. The quantitative estimate of drug-likeness (QED) is 0.849. The zero-order valence-corrected chi connectivity index (χ0v) is 12.9. The molecule has 1 N–H and O–H groups in total. The number of sulfone groups is 1. The van der Waals surface area contributed by atoms with Crippen LogP contribution in [-0.2, 0) is 19.4 Å². The van der Waals surface area contributed by atoms with E-state index in [9.17, 15) is 18.3 Å². The molecule has 0 bridgehead atoms. The van der Waals surface area contributed by atoms with Gasteiger partial charge in [0.2, 0.25) is 0 Å². The Bertz CT molecular complexity index is 610. The van der Waals surface area contributed by atoms with Crippen LogP contribution in [0.3, 0.4) is 0 Å². The summed E-state index contributed by atoms with van der Waals surface area (Å²) in [5.41, 5.74) is 0.554. The molecular weight excluding hydrogens is 312 g/mol. The third-order valence-corrected chi connectivity index (χ3v) is 5.45. The largest absolute Gasteiger partial charge is 0.483 e. The first-order valence-corrected chi connectivity index (χ1v) is 8.81. The molecule has 1 fully saturated rings. The summed E-state index contributed by atoms with van der Waals surface area (Å²) in [6.07, 6.45) is 0.374. The van der Waals surface area contributed by atoms with Gasteiger partial charge in [-0.2, -0.15) is 0 Å². The Labute approximate surface area is 128 Å². The van der Waals surface area contributed by atoms with Crippen molar-refractivity contribution in [2.24, 2.45) is 0 Å². The van der Waals surface area contributed by atoms with Crippen molar-refractivity contribution in [2.75, 3.05) is 11.5 Å². The van der Waals surface area contributed by atoms with Crippen molar-refractivity contribution >= 4 is 33.1 Å². The van der Waals surface area contributed by atoms with E-state index in [1.807, 2.05) is 0 Å². The normalized spacial score (nSPS) is 19.6. The fraction of sp³-hybridized carbons (Fsp3) is 0.429. The number of carboxylic acids is 1. The van der Waals surface area contributed by atoms with Crippen LogP contribution in [0.5, 0.6) is 0 Å². The maximum atomic E-state index is 11.4. The van der Waals surface area contributed by atoms with Crippen LogP contribution in [0.1, 0.15) is 24.3 Å². The Kier molecular flexibility index (Phi) is 4.95. The van der Waals surface area contributed by atoms with E-state index in [-0.39, 0.29) is 22.7 Å². The van der Waals surface area contributed by atoms with Crippen molar-refractivity contribution in [1.82, 2.24) is 0 Å². The lowest BCUT2D eigenvalue weighted by atomic mass is 10.00. The minimum absolute atomic E-state index is 0.0157. The summed E-state index contributed by atoms with van der Waals surface area (Å²) < 4.78 is 28.3. The van der Waals surface area contributed by atoms with Gasteiger partial charge in [0, 0.05) is 0 Å². The molecule has 1 aliphatic heterocycles. The molecule has 0 aliphatic carbocycles. The number of carboxylic acid groups (broad SMARTS) is 1. The van der Waals surface area contributed by atoms with Crippen molar-refractivity contribution in [3.8, 4) is 0 Å². The van der Waals surface area contributed by atoms with Crippen LogP contribution >= 0.6 is 12.2 Å². The monoisotopic (exact) mass is 328 g/mol. The first-order valence-electron chi connectivity index (χ1n) is 6.58. The number of carbonyl (C=O) groups is 1. The van der Waals surface area contributed by atoms with Crippen LogP contribution in [0.15, 0.2) is 30.3 Å². The van der Waals surface area contributed by atoms with Gasteiger partial charge in [-0.05, 0) is 30.6 Å². The third-order valence-electron chi connectivity index (χ3n) is 3.40. The van der Waals surface area contributed by atoms with Gasteiger partial charge in [-0.25, -0.2) is 8.42 Å². The maximum absolute atomic E-state index is 11.4. The highest BCUT2D eigenvalue weighted by atomic mass is 32.2. The summed E-state index contributed by atoms with van der Waals surface area (Å²) in [5, 5.41) is 9.33. The average molecular weight is 328 g/mol. The molecular formula is C14H16O5S2. The van der Waals surface area contributed by atoms with Crippen LogP contribution in [0.2, 0.25) is 0 Å². The van der Waals surface area contributed by atoms with Crippen LogP contribution in [0.25, 0.3) is 0 Å². The summed E-state index contributed by atoms with van der Waals surface area (Å²) in [6.45, 7) is 0. The maximum Gasteiger partial charge on any atom is 0.319 e. The van der Waals surface area contributed by atoms with Crippen LogP contribution in [0, 0.1) is 0 Å². The zero-order chi connectivity index (χ0) is 15.5. The Morgan fingerprint density at radius 3 is 2.33 bits per heavy atom. The fourth-order valence-electron chi connectivity index (χ4n) is 2.24. The van der Waals surface area contributed by atoms with Crippen LogP contribution < -0.4 is 0 Å². The molecule has 0 aromatic heterocycles. The second-order valence-electron chi connectivity index (χ2n) is 4.97. The van der Waals surface area contributed by atoms with Crippen LogP contribution in [-0.4, -0.2) is 42.2 Å². The topological polar surface area (TPSA) is 80.7 Å². The zero-order valence-electron chi connectivity index (χ0n) is 11.3. The molecule has 21 heavy (non-hydrogen) atoms. The SMILES string of the molecule is O=C(O)C(C(=S)OC1CCS(=O)(=O)CC1)c1ccccc1. The number of benzene rings is 1. The van der Waals surface area contributed by atoms with Gasteiger partial charge in [0.05, 0.1) is 11.5 Å². The Morgan fingerprint density at radius 1 is 1.24 bits per heavy atom. The van der Waals surface area contributed by atoms with Crippen molar-refractivity contribution < 1.29 is 23.1 Å². The highest BCUT2D eigenvalue weighted by Gasteiger charge is 2.31. The van der Waals surface area contributed by atoms with Gasteiger partial charge >= 0.3 is 5.97 Å². The first kappa shape index (κ1) is 15.9. The molecule has 1 saturated heterocycles. The second kappa shape index (κ2) is 6.53. The van der Waals surface area contributed by atoms with Crippen LogP contribution in [0.4, 0.5) is 0 Å². The predicted molar refractivity (Wildman–Crippen MR) is 82.2 cm³/mol. The molecule has 5 nitrogen and oxygen atoms in total. The summed E-state index contributed by atoms with van der Waals surface area (Å²) >= 11 is 5.12. The van der Waals surface area contributed by atoms with Gasteiger partial charge in [-0.15, -0.1) is 0 Å². The van der Waals surface area contributed by atoms with E-state index in [0.29, 0.717) is 18.4 Å². The molecule has 0 amide bonds. The third kappa shape index (κ3) is 4.25. The van der Waals surface area contributed by atoms with E-state index in [2.05, 4.69) is 0 Å². The standard InChI is InChI=1S/C14H16O5S2/c15-13(16)12(10-4-2-1-3-5-10)14(20)19-11-6-8-21(17,18)9-7-11/h1-5,11-12H,6-9H2,(H,15,16). The molecule has 2 rings (SSSR count). The fourth-order valence-corrected chi connectivity index (χ4v) is 4.06. The van der Waals surface area contributed by atoms with Crippen molar-refractivity contribution in [3.63, 3.8) is 0 Å². The molecule has 1 unspecified atom stereocenters.